The van der Waals surface area contributed by atoms with E-state index in [2.05, 4.69) is 12.2 Å². The number of hydrogen-bond donors (Lipinski definition) is 1. The number of halogens is 1. The van der Waals surface area contributed by atoms with E-state index in [0.29, 0.717) is 19.5 Å². The SMILES string of the molecule is CCCCNC(=O)C1CCC2S/C(=C\c3ccccc3)C(=O)N(Cc3ccc(F)cc3)C2C1. The van der Waals surface area contributed by atoms with Gasteiger partial charge in [0, 0.05) is 30.3 Å². The Morgan fingerprint density at radius 1 is 1.15 bits per heavy atom. The van der Waals surface area contributed by atoms with Crippen LogP contribution in [0.2, 0.25) is 0 Å². The van der Waals surface area contributed by atoms with Gasteiger partial charge in [-0.1, -0.05) is 55.8 Å². The van der Waals surface area contributed by atoms with Crippen LogP contribution in [-0.2, 0) is 16.1 Å². The number of nitrogens with zero attached hydrogens (tertiary/aromatic N) is 1. The molecule has 2 aromatic carbocycles. The van der Waals surface area contributed by atoms with Gasteiger partial charge in [-0.3, -0.25) is 9.59 Å². The van der Waals surface area contributed by atoms with E-state index in [9.17, 15) is 14.0 Å². The molecule has 1 aliphatic heterocycles. The average molecular weight is 467 g/mol. The molecule has 33 heavy (non-hydrogen) atoms. The van der Waals surface area contributed by atoms with Crippen molar-refractivity contribution in [3.8, 4) is 0 Å². The van der Waals surface area contributed by atoms with Crippen molar-refractivity contribution in [2.24, 2.45) is 5.92 Å². The predicted octanol–water partition coefficient (Wildman–Crippen LogP) is 5.40. The maximum atomic E-state index is 13.6. The third kappa shape index (κ3) is 5.85. The summed E-state index contributed by atoms with van der Waals surface area (Å²) in [4.78, 5) is 29.0. The molecule has 1 heterocycles. The van der Waals surface area contributed by atoms with Crippen LogP contribution >= 0.6 is 11.8 Å². The Balaban J connectivity index is 1.57. The first kappa shape index (κ1) is 23.6. The van der Waals surface area contributed by atoms with Crippen LogP contribution in [0.1, 0.15) is 50.2 Å². The highest BCUT2D eigenvalue weighted by atomic mass is 32.2. The number of nitrogens with one attached hydrogen (secondary N) is 1. The average Bonchev–Trinajstić information content (AvgIpc) is 2.83. The number of fused-ring (bicyclic) bond motifs is 1. The van der Waals surface area contributed by atoms with E-state index in [4.69, 9.17) is 0 Å². The highest BCUT2D eigenvalue weighted by Gasteiger charge is 2.44. The minimum absolute atomic E-state index is 0.0125. The number of carbonyl (C=O) groups is 2. The topological polar surface area (TPSA) is 49.4 Å². The first-order chi connectivity index (χ1) is 16.0. The molecule has 1 aliphatic carbocycles. The molecule has 1 saturated carbocycles. The van der Waals surface area contributed by atoms with E-state index < -0.39 is 0 Å². The molecule has 4 rings (SSSR count). The summed E-state index contributed by atoms with van der Waals surface area (Å²) in [5.41, 5.74) is 1.89. The van der Waals surface area contributed by atoms with Crippen molar-refractivity contribution in [3.63, 3.8) is 0 Å². The minimum Gasteiger partial charge on any atom is -0.356 e. The van der Waals surface area contributed by atoms with Gasteiger partial charge in [0.15, 0.2) is 0 Å². The number of unbranched alkanes of at least 4 members (excludes halogenated alkanes) is 1. The van der Waals surface area contributed by atoms with Crippen molar-refractivity contribution in [1.82, 2.24) is 10.2 Å². The van der Waals surface area contributed by atoms with E-state index in [1.807, 2.05) is 41.3 Å². The van der Waals surface area contributed by atoms with E-state index in [-0.39, 0.29) is 34.8 Å². The molecule has 1 N–H and O–H groups in total. The van der Waals surface area contributed by atoms with Crippen molar-refractivity contribution in [3.05, 3.63) is 76.4 Å². The second-order valence-electron chi connectivity index (χ2n) is 8.86. The number of thioether (sulfide) groups is 1. The fourth-order valence-electron chi connectivity index (χ4n) is 4.63. The number of hydrogen-bond acceptors (Lipinski definition) is 3. The molecule has 0 bridgehead atoms. The van der Waals surface area contributed by atoms with Gasteiger partial charge in [0.2, 0.25) is 5.91 Å². The van der Waals surface area contributed by atoms with Crippen LogP contribution in [0.3, 0.4) is 0 Å². The van der Waals surface area contributed by atoms with Crippen LogP contribution in [0.15, 0.2) is 59.5 Å². The van der Waals surface area contributed by atoms with Crippen LogP contribution in [0.4, 0.5) is 4.39 Å². The molecule has 1 saturated heterocycles. The van der Waals surface area contributed by atoms with Gasteiger partial charge in [-0.15, -0.1) is 11.8 Å². The molecule has 2 fully saturated rings. The van der Waals surface area contributed by atoms with Gasteiger partial charge in [0.1, 0.15) is 5.82 Å². The second-order valence-corrected chi connectivity index (χ2v) is 10.1. The summed E-state index contributed by atoms with van der Waals surface area (Å²) in [6.45, 7) is 3.23. The number of amides is 2. The van der Waals surface area contributed by atoms with Crippen molar-refractivity contribution in [2.45, 2.75) is 56.9 Å². The Labute approximate surface area is 199 Å². The Bertz CT molecular complexity index is 993. The van der Waals surface area contributed by atoms with Gasteiger partial charge in [-0.25, -0.2) is 4.39 Å². The Morgan fingerprint density at radius 2 is 1.91 bits per heavy atom. The van der Waals surface area contributed by atoms with Gasteiger partial charge in [-0.05, 0) is 55.0 Å². The van der Waals surface area contributed by atoms with Crippen molar-refractivity contribution < 1.29 is 14.0 Å². The zero-order chi connectivity index (χ0) is 23.2. The van der Waals surface area contributed by atoms with E-state index in [1.165, 1.54) is 12.1 Å². The molecule has 174 valence electrons. The summed E-state index contributed by atoms with van der Waals surface area (Å²) in [6.07, 6.45) is 6.38. The lowest BCUT2D eigenvalue weighted by Gasteiger charge is -2.46. The molecule has 6 heteroatoms. The van der Waals surface area contributed by atoms with E-state index in [1.54, 1.807) is 23.9 Å². The lowest BCUT2D eigenvalue weighted by molar-refractivity contribution is -0.133. The number of rotatable bonds is 7. The maximum Gasteiger partial charge on any atom is 0.260 e. The standard InChI is InChI=1S/C27H31FN2O2S/c1-2-3-15-29-26(31)21-11-14-24-23(17-21)30(18-20-9-12-22(28)13-10-20)27(32)25(33-24)16-19-7-5-4-6-8-19/h4-10,12-13,16,21,23-24H,2-3,11,14-15,17-18H2,1H3,(H,29,31)/b25-16-. The molecular weight excluding hydrogens is 435 g/mol. The Kier molecular flexibility index (Phi) is 7.86. The summed E-state index contributed by atoms with van der Waals surface area (Å²) in [5.74, 6) is -0.275. The minimum atomic E-state index is -0.289. The summed E-state index contributed by atoms with van der Waals surface area (Å²) in [6, 6.07) is 16.2. The smallest absolute Gasteiger partial charge is 0.260 e. The van der Waals surface area contributed by atoms with Crippen molar-refractivity contribution in [2.75, 3.05) is 6.54 Å². The third-order valence-corrected chi connectivity index (χ3v) is 7.87. The lowest BCUT2D eigenvalue weighted by Crippen LogP contribution is -2.53. The maximum absolute atomic E-state index is 13.6. The molecular formula is C27H31FN2O2S. The monoisotopic (exact) mass is 466 g/mol. The molecule has 2 aliphatic rings. The van der Waals surface area contributed by atoms with E-state index in [0.717, 1.165) is 41.7 Å². The zero-order valence-electron chi connectivity index (χ0n) is 19.0. The Morgan fingerprint density at radius 3 is 2.64 bits per heavy atom. The lowest BCUT2D eigenvalue weighted by atomic mass is 9.83. The van der Waals surface area contributed by atoms with Crippen molar-refractivity contribution in [1.29, 1.82) is 0 Å². The predicted molar refractivity (Wildman–Crippen MR) is 132 cm³/mol. The van der Waals surface area contributed by atoms with E-state index >= 15 is 0 Å². The largest absolute Gasteiger partial charge is 0.356 e. The summed E-state index contributed by atoms with van der Waals surface area (Å²) >= 11 is 1.65. The third-order valence-electron chi connectivity index (χ3n) is 6.47. The van der Waals surface area contributed by atoms with Crippen LogP contribution in [-0.4, -0.2) is 34.6 Å². The zero-order valence-corrected chi connectivity index (χ0v) is 19.8. The number of benzene rings is 2. The van der Waals surface area contributed by atoms with Crippen LogP contribution in [0.25, 0.3) is 6.08 Å². The highest BCUT2D eigenvalue weighted by molar-refractivity contribution is 8.04. The normalized spacial score (nSPS) is 23.9. The fourth-order valence-corrected chi connectivity index (χ4v) is 6.05. The number of carbonyl (C=O) groups excluding carboxylic acids is 2. The summed E-state index contributed by atoms with van der Waals surface area (Å²) in [7, 11) is 0. The van der Waals surface area contributed by atoms with Crippen LogP contribution in [0.5, 0.6) is 0 Å². The molecule has 2 aromatic rings. The Hall–Kier alpha value is -2.60. The molecule has 3 atom stereocenters. The fraction of sp³-hybridized carbons (Fsp3) is 0.407. The molecule has 3 unspecified atom stereocenters. The molecule has 4 nitrogen and oxygen atoms in total. The molecule has 2 amide bonds. The van der Waals surface area contributed by atoms with Gasteiger partial charge >= 0.3 is 0 Å². The van der Waals surface area contributed by atoms with Gasteiger partial charge in [-0.2, -0.15) is 0 Å². The summed E-state index contributed by atoms with van der Waals surface area (Å²) < 4.78 is 13.4. The molecule has 0 spiro atoms. The van der Waals surface area contributed by atoms with Crippen molar-refractivity contribution >= 4 is 29.7 Å². The summed E-state index contributed by atoms with van der Waals surface area (Å²) in [5, 5.41) is 3.32. The molecule has 0 aromatic heterocycles. The molecule has 0 radical (unpaired) electrons. The first-order valence-corrected chi connectivity index (χ1v) is 12.7. The van der Waals surface area contributed by atoms with Gasteiger partial charge in [0.25, 0.3) is 5.91 Å². The second kappa shape index (κ2) is 11.0. The van der Waals surface area contributed by atoms with Gasteiger partial charge < -0.3 is 10.2 Å². The quantitative estimate of drug-likeness (QED) is 0.439. The van der Waals surface area contributed by atoms with Crippen LogP contribution in [0, 0.1) is 11.7 Å². The highest BCUT2D eigenvalue weighted by Crippen LogP contribution is 2.44. The van der Waals surface area contributed by atoms with Gasteiger partial charge in [0.05, 0.1) is 4.91 Å². The van der Waals surface area contributed by atoms with Crippen LogP contribution < -0.4 is 5.32 Å². The first-order valence-electron chi connectivity index (χ1n) is 11.8.